The predicted molar refractivity (Wildman–Crippen MR) is 120 cm³/mol. The van der Waals surface area contributed by atoms with Crippen molar-refractivity contribution < 1.29 is 4.74 Å². The van der Waals surface area contributed by atoms with Crippen molar-refractivity contribution in [3.05, 3.63) is 103 Å². The number of fused-ring (bicyclic) bond motifs is 1. The van der Waals surface area contributed by atoms with E-state index in [0.717, 1.165) is 45.8 Å². The summed E-state index contributed by atoms with van der Waals surface area (Å²) in [5, 5.41) is 1.05. The first-order chi connectivity index (χ1) is 14.8. The summed E-state index contributed by atoms with van der Waals surface area (Å²) >= 11 is 0. The van der Waals surface area contributed by atoms with Crippen molar-refractivity contribution in [1.82, 2.24) is 14.5 Å². The SMILES string of the molecule is COc1ccc(-c2cc3c(-c4ccccc4)ncnc3n2Cc2ccccc2)cc1. The summed E-state index contributed by atoms with van der Waals surface area (Å²) in [6.45, 7) is 0.733. The minimum Gasteiger partial charge on any atom is -0.497 e. The molecule has 0 atom stereocenters. The molecule has 4 nitrogen and oxygen atoms in total. The molecule has 0 spiro atoms. The Balaban J connectivity index is 1.73. The number of ether oxygens (including phenoxy) is 1. The molecule has 0 saturated heterocycles. The highest BCUT2D eigenvalue weighted by atomic mass is 16.5. The molecule has 0 radical (unpaired) electrons. The number of rotatable bonds is 5. The molecule has 30 heavy (non-hydrogen) atoms. The van der Waals surface area contributed by atoms with Gasteiger partial charge in [-0.25, -0.2) is 9.97 Å². The molecule has 2 heterocycles. The van der Waals surface area contributed by atoms with Gasteiger partial charge in [-0.15, -0.1) is 0 Å². The van der Waals surface area contributed by atoms with Gasteiger partial charge in [0.05, 0.1) is 18.5 Å². The van der Waals surface area contributed by atoms with Crippen LogP contribution in [0.3, 0.4) is 0 Å². The molecule has 146 valence electrons. The first kappa shape index (κ1) is 18.1. The van der Waals surface area contributed by atoms with Crippen molar-refractivity contribution in [2.45, 2.75) is 6.54 Å². The van der Waals surface area contributed by atoms with E-state index in [0.29, 0.717) is 0 Å². The van der Waals surface area contributed by atoms with Gasteiger partial charge in [-0.05, 0) is 41.5 Å². The molecule has 3 aromatic carbocycles. The normalized spacial score (nSPS) is 11.0. The second-order valence-electron chi connectivity index (χ2n) is 7.16. The van der Waals surface area contributed by atoms with Crippen molar-refractivity contribution in [1.29, 1.82) is 0 Å². The summed E-state index contributed by atoms with van der Waals surface area (Å²) in [7, 11) is 1.68. The van der Waals surface area contributed by atoms with Gasteiger partial charge in [0, 0.05) is 17.5 Å². The Hall–Kier alpha value is -3.92. The topological polar surface area (TPSA) is 39.9 Å². The monoisotopic (exact) mass is 391 g/mol. The van der Waals surface area contributed by atoms with Gasteiger partial charge < -0.3 is 9.30 Å². The fourth-order valence-electron chi connectivity index (χ4n) is 3.82. The van der Waals surface area contributed by atoms with Crippen LogP contribution in [-0.4, -0.2) is 21.6 Å². The molecule has 0 aliphatic rings. The van der Waals surface area contributed by atoms with Crippen LogP contribution < -0.4 is 4.74 Å². The first-order valence-corrected chi connectivity index (χ1v) is 9.91. The molecule has 0 bridgehead atoms. The third kappa shape index (κ3) is 3.33. The highest BCUT2D eigenvalue weighted by Gasteiger charge is 2.16. The van der Waals surface area contributed by atoms with E-state index in [9.17, 15) is 0 Å². The molecule has 0 aliphatic heterocycles. The highest BCUT2D eigenvalue weighted by molar-refractivity contribution is 5.95. The fourth-order valence-corrected chi connectivity index (χ4v) is 3.82. The lowest BCUT2D eigenvalue weighted by atomic mass is 10.1. The summed E-state index contributed by atoms with van der Waals surface area (Å²) in [5.74, 6) is 0.842. The Kier molecular flexibility index (Phi) is 4.74. The van der Waals surface area contributed by atoms with E-state index in [2.05, 4.69) is 69.1 Å². The maximum Gasteiger partial charge on any atom is 0.144 e. The van der Waals surface area contributed by atoms with Gasteiger partial charge in [-0.2, -0.15) is 0 Å². The number of hydrogen-bond acceptors (Lipinski definition) is 3. The molecular formula is C26H21N3O. The van der Waals surface area contributed by atoms with Gasteiger partial charge in [0.15, 0.2) is 0 Å². The summed E-state index contributed by atoms with van der Waals surface area (Å²) in [6, 6.07) is 31.1. The van der Waals surface area contributed by atoms with E-state index in [1.165, 1.54) is 5.56 Å². The second-order valence-corrected chi connectivity index (χ2v) is 7.16. The van der Waals surface area contributed by atoms with Gasteiger partial charge in [-0.3, -0.25) is 0 Å². The zero-order valence-electron chi connectivity index (χ0n) is 16.7. The Morgan fingerprint density at radius 3 is 2.17 bits per heavy atom. The van der Waals surface area contributed by atoms with E-state index in [-0.39, 0.29) is 0 Å². The van der Waals surface area contributed by atoms with Gasteiger partial charge in [0.1, 0.15) is 17.7 Å². The lowest BCUT2D eigenvalue weighted by molar-refractivity contribution is 0.415. The standard InChI is InChI=1S/C26H21N3O/c1-30-22-14-12-20(13-15-22)24-16-23-25(21-10-6-3-7-11-21)27-18-28-26(23)29(24)17-19-8-4-2-5-9-19/h2-16,18H,17H2,1H3. The predicted octanol–water partition coefficient (Wildman–Crippen LogP) is 5.82. The van der Waals surface area contributed by atoms with Crippen LogP contribution in [0.15, 0.2) is 97.3 Å². The minimum atomic E-state index is 0.733. The Morgan fingerprint density at radius 2 is 1.47 bits per heavy atom. The molecule has 0 fully saturated rings. The third-order valence-corrected chi connectivity index (χ3v) is 5.31. The molecule has 0 N–H and O–H groups in total. The maximum absolute atomic E-state index is 5.34. The van der Waals surface area contributed by atoms with Crippen LogP contribution in [0.25, 0.3) is 33.5 Å². The number of hydrogen-bond donors (Lipinski definition) is 0. The molecule has 5 rings (SSSR count). The molecule has 2 aromatic heterocycles. The lowest BCUT2D eigenvalue weighted by Crippen LogP contribution is -2.03. The van der Waals surface area contributed by atoms with Gasteiger partial charge in [0.25, 0.3) is 0 Å². The number of methoxy groups -OCH3 is 1. The molecule has 0 aliphatic carbocycles. The smallest absolute Gasteiger partial charge is 0.144 e. The summed E-state index contributed by atoms with van der Waals surface area (Å²) < 4.78 is 7.60. The van der Waals surface area contributed by atoms with Crippen LogP contribution in [0.4, 0.5) is 0 Å². The van der Waals surface area contributed by atoms with Gasteiger partial charge in [-0.1, -0.05) is 60.7 Å². The van der Waals surface area contributed by atoms with Crippen LogP contribution in [0.5, 0.6) is 5.75 Å². The van der Waals surface area contributed by atoms with Crippen LogP contribution >= 0.6 is 0 Å². The molecule has 0 amide bonds. The van der Waals surface area contributed by atoms with E-state index >= 15 is 0 Å². The quantitative estimate of drug-likeness (QED) is 0.379. The van der Waals surface area contributed by atoms with E-state index in [1.807, 2.05) is 36.4 Å². The fraction of sp³-hybridized carbons (Fsp3) is 0.0769. The minimum absolute atomic E-state index is 0.733. The zero-order valence-corrected chi connectivity index (χ0v) is 16.7. The summed E-state index contributed by atoms with van der Waals surface area (Å²) in [4.78, 5) is 9.29. The second kappa shape index (κ2) is 7.84. The van der Waals surface area contributed by atoms with Crippen molar-refractivity contribution in [2.75, 3.05) is 7.11 Å². The van der Waals surface area contributed by atoms with E-state index in [4.69, 9.17) is 4.74 Å². The Morgan fingerprint density at radius 1 is 0.767 bits per heavy atom. The van der Waals surface area contributed by atoms with Gasteiger partial charge in [0.2, 0.25) is 0 Å². The zero-order chi connectivity index (χ0) is 20.3. The molecule has 0 unspecified atom stereocenters. The van der Waals surface area contributed by atoms with Crippen LogP contribution in [0.1, 0.15) is 5.56 Å². The van der Waals surface area contributed by atoms with Crippen LogP contribution in [0, 0.1) is 0 Å². The molecular weight excluding hydrogens is 370 g/mol. The van der Waals surface area contributed by atoms with E-state index in [1.54, 1.807) is 13.4 Å². The largest absolute Gasteiger partial charge is 0.497 e. The number of nitrogens with zero attached hydrogens (tertiary/aromatic N) is 3. The highest BCUT2D eigenvalue weighted by Crippen LogP contribution is 2.33. The van der Waals surface area contributed by atoms with Crippen molar-refractivity contribution in [3.8, 4) is 28.3 Å². The molecule has 4 heteroatoms. The maximum atomic E-state index is 5.34. The average Bonchev–Trinajstić information content (AvgIpc) is 3.19. The van der Waals surface area contributed by atoms with Crippen molar-refractivity contribution in [3.63, 3.8) is 0 Å². The van der Waals surface area contributed by atoms with E-state index < -0.39 is 0 Å². The average molecular weight is 391 g/mol. The summed E-state index contributed by atoms with van der Waals surface area (Å²) in [5.41, 5.74) is 6.41. The molecule has 5 aromatic rings. The lowest BCUT2D eigenvalue weighted by Gasteiger charge is -2.11. The Labute approximate surface area is 175 Å². The Bertz CT molecular complexity index is 1280. The number of aromatic nitrogens is 3. The van der Waals surface area contributed by atoms with Gasteiger partial charge >= 0.3 is 0 Å². The number of benzene rings is 3. The van der Waals surface area contributed by atoms with Crippen molar-refractivity contribution in [2.24, 2.45) is 0 Å². The molecule has 0 saturated carbocycles. The first-order valence-electron chi connectivity index (χ1n) is 9.91. The van der Waals surface area contributed by atoms with Crippen LogP contribution in [0.2, 0.25) is 0 Å². The van der Waals surface area contributed by atoms with Crippen LogP contribution in [-0.2, 0) is 6.54 Å². The summed E-state index contributed by atoms with van der Waals surface area (Å²) in [6.07, 6.45) is 1.66. The third-order valence-electron chi connectivity index (χ3n) is 5.31. The van der Waals surface area contributed by atoms with Crippen molar-refractivity contribution >= 4 is 11.0 Å².